The van der Waals surface area contributed by atoms with Gasteiger partial charge in [-0.2, -0.15) is 0 Å². The Morgan fingerprint density at radius 2 is 1.78 bits per heavy atom. The van der Waals surface area contributed by atoms with Crippen molar-refractivity contribution in [2.24, 2.45) is 0 Å². The monoisotopic (exact) mass is 371 g/mol. The smallest absolute Gasteiger partial charge is 0.224 e. The van der Waals surface area contributed by atoms with Crippen molar-refractivity contribution in [1.82, 2.24) is 15.2 Å². The molecule has 27 heavy (non-hydrogen) atoms. The molecule has 0 aliphatic rings. The molecule has 2 aromatic carbocycles. The van der Waals surface area contributed by atoms with E-state index < -0.39 is 28.6 Å². The van der Waals surface area contributed by atoms with Crippen molar-refractivity contribution in [3.63, 3.8) is 0 Å². The van der Waals surface area contributed by atoms with E-state index in [1.54, 1.807) is 0 Å². The van der Waals surface area contributed by atoms with Gasteiger partial charge in [-0.15, -0.1) is 0 Å². The second-order valence-electron chi connectivity index (χ2n) is 5.99. The van der Waals surface area contributed by atoms with Crippen LogP contribution >= 0.6 is 0 Å². The maximum Gasteiger partial charge on any atom is 0.224 e. The minimum Gasteiger partial charge on any atom is -0.502 e. The minimum absolute atomic E-state index is 0.0118. The number of hydrogen-bond acceptors (Lipinski definition) is 4. The van der Waals surface area contributed by atoms with Crippen LogP contribution in [0, 0.1) is 17.5 Å². The van der Waals surface area contributed by atoms with E-state index in [1.165, 1.54) is 12.3 Å². The number of nitrogens with one attached hydrogen (secondary N) is 2. The van der Waals surface area contributed by atoms with E-state index in [0.29, 0.717) is 16.4 Å². The summed E-state index contributed by atoms with van der Waals surface area (Å²) in [4.78, 5) is 16.1. The molecule has 9 heteroatoms. The number of H-pyrrole nitrogens is 2. The van der Waals surface area contributed by atoms with Gasteiger partial charge in [0.1, 0.15) is 5.52 Å². The van der Waals surface area contributed by atoms with Gasteiger partial charge in [-0.25, -0.2) is 18.2 Å². The summed E-state index contributed by atoms with van der Waals surface area (Å²) in [6.07, 6.45) is 1.50. The van der Waals surface area contributed by atoms with E-state index in [2.05, 4.69) is 15.2 Å². The number of aromatic hydroxyl groups is 1. The van der Waals surface area contributed by atoms with E-state index in [9.17, 15) is 23.1 Å². The van der Waals surface area contributed by atoms with Gasteiger partial charge in [0, 0.05) is 17.1 Å². The quantitative estimate of drug-likeness (QED) is 0.389. The zero-order valence-electron chi connectivity index (χ0n) is 13.2. The fourth-order valence-electron chi connectivity index (χ4n) is 3.21. The number of benzene rings is 2. The van der Waals surface area contributed by atoms with Crippen LogP contribution in [0.15, 0.2) is 39.7 Å². The Bertz CT molecular complexity index is 1430. The summed E-state index contributed by atoms with van der Waals surface area (Å²) in [6, 6.07) is 4.28. The number of pyridine rings is 1. The highest BCUT2D eigenvalue weighted by atomic mass is 19.2. The van der Waals surface area contributed by atoms with Crippen LogP contribution in [0.25, 0.3) is 44.2 Å². The van der Waals surface area contributed by atoms with Crippen molar-refractivity contribution in [1.29, 1.82) is 0 Å². The van der Waals surface area contributed by atoms with Gasteiger partial charge in [-0.1, -0.05) is 0 Å². The van der Waals surface area contributed by atoms with Gasteiger partial charge in [-0.3, -0.25) is 9.89 Å². The molecule has 0 fully saturated rings. The maximum absolute atomic E-state index is 13.8. The first-order valence-corrected chi connectivity index (χ1v) is 7.74. The fraction of sp³-hybridized carbons (Fsp3) is 0. The van der Waals surface area contributed by atoms with Crippen LogP contribution in [-0.2, 0) is 0 Å². The van der Waals surface area contributed by atoms with Crippen LogP contribution in [0.2, 0.25) is 0 Å². The van der Waals surface area contributed by atoms with E-state index in [-0.39, 0.29) is 27.8 Å². The minimum atomic E-state index is -1.58. The summed E-state index contributed by atoms with van der Waals surface area (Å²) in [7, 11) is 0. The van der Waals surface area contributed by atoms with Crippen LogP contribution in [0.4, 0.5) is 13.2 Å². The predicted octanol–water partition coefficient (Wildman–Crippen LogP) is 3.94. The highest BCUT2D eigenvalue weighted by molar-refractivity contribution is 6.15. The topological polar surface area (TPSA) is 94.9 Å². The van der Waals surface area contributed by atoms with Crippen LogP contribution < -0.4 is 5.43 Å². The summed E-state index contributed by atoms with van der Waals surface area (Å²) in [5.41, 5.74) is 0.217. The Kier molecular flexibility index (Phi) is 2.95. The highest BCUT2D eigenvalue weighted by Gasteiger charge is 2.22. The largest absolute Gasteiger partial charge is 0.502 e. The van der Waals surface area contributed by atoms with Crippen LogP contribution in [0.3, 0.4) is 0 Å². The third kappa shape index (κ3) is 2.02. The molecule has 3 aromatic heterocycles. The molecule has 6 nitrogen and oxygen atoms in total. The second-order valence-corrected chi connectivity index (χ2v) is 5.99. The number of rotatable bonds is 1. The Morgan fingerprint density at radius 3 is 2.52 bits per heavy atom. The standard InChI is InChI=1S/C18H8F3N3O3/c19-9-3-6(4-10(20)13(9)21)12-8-5-22-24-18(8)23-14-7-1-2-11(25)15(26)16(7)27-17(12)14/h1-5,26H,(H2,22,23,24). The molecule has 0 bridgehead atoms. The van der Waals surface area contributed by atoms with Gasteiger partial charge in [0.05, 0.1) is 5.39 Å². The molecule has 0 unspecified atom stereocenters. The number of fused-ring (bicyclic) bond motifs is 4. The molecular weight excluding hydrogens is 363 g/mol. The van der Waals surface area contributed by atoms with Gasteiger partial charge in [-0.05, 0) is 29.8 Å². The van der Waals surface area contributed by atoms with Crippen molar-refractivity contribution >= 4 is 33.1 Å². The summed E-state index contributed by atoms with van der Waals surface area (Å²) in [5, 5.41) is 16.3. The third-order valence-electron chi connectivity index (χ3n) is 4.42. The maximum atomic E-state index is 13.8. The number of furan rings is 1. The van der Waals surface area contributed by atoms with Gasteiger partial charge in [0.25, 0.3) is 0 Å². The van der Waals surface area contributed by atoms with E-state index >= 15 is 0 Å². The summed E-state index contributed by atoms with van der Waals surface area (Å²) in [5.74, 6) is -4.89. The molecule has 0 saturated carbocycles. The van der Waals surface area contributed by atoms with Crippen LogP contribution in [0.5, 0.6) is 5.75 Å². The molecule has 5 aromatic rings. The zero-order chi connectivity index (χ0) is 18.9. The van der Waals surface area contributed by atoms with E-state index in [0.717, 1.165) is 18.2 Å². The Labute approximate surface area is 146 Å². The summed E-state index contributed by atoms with van der Waals surface area (Å²) < 4.78 is 46.7. The molecule has 0 amide bonds. The lowest BCUT2D eigenvalue weighted by molar-refractivity contribution is 0.447. The first-order chi connectivity index (χ1) is 13.0. The number of hydrogen-bond donors (Lipinski definition) is 3. The normalized spacial score (nSPS) is 11.8. The van der Waals surface area contributed by atoms with Crippen LogP contribution in [-0.4, -0.2) is 20.3 Å². The second kappa shape index (κ2) is 5.13. The third-order valence-corrected chi connectivity index (χ3v) is 4.42. The molecule has 0 aliphatic heterocycles. The average molecular weight is 371 g/mol. The zero-order valence-corrected chi connectivity index (χ0v) is 13.2. The first-order valence-electron chi connectivity index (χ1n) is 7.74. The molecular formula is C18H8F3N3O3. The molecule has 5 rings (SSSR count). The van der Waals surface area contributed by atoms with Gasteiger partial charge < -0.3 is 14.6 Å². The van der Waals surface area contributed by atoms with Crippen molar-refractivity contribution in [2.45, 2.75) is 0 Å². The van der Waals surface area contributed by atoms with Gasteiger partial charge >= 0.3 is 0 Å². The SMILES string of the molecule is O=c1ccc2c(oc3c(-c4cc(F)c(F)c(F)c4)c4c[nH][nH]c4nc32)c1O. The molecule has 3 N–H and O–H groups in total. The van der Waals surface area contributed by atoms with Gasteiger partial charge in [0.2, 0.25) is 11.2 Å². The summed E-state index contributed by atoms with van der Waals surface area (Å²) >= 11 is 0. The summed E-state index contributed by atoms with van der Waals surface area (Å²) in [6.45, 7) is 0. The number of phenolic OH excluding ortho intramolecular Hbond substituents is 1. The van der Waals surface area contributed by atoms with Crippen LogP contribution in [0.1, 0.15) is 0 Å². The number of nitrogens with zero attached hydrogens (tertiary/aromatic N) is 1. The molecule has 0 atom stereocenters. The first kappa shape index (κ1) is 15.5. The van der Waals surface area contributed by atoms with E-state index in [4.69, 9.17) is 4.42 Å². The van der Waals surface area contributed by atoms with Gasteiger partial charge in [0.15, 0.2) is 34.3 Å². The van der Waals surface area contributed by atoms with Crippen molar-refractivity contribution < 1.29 is 22.7 Å². The molecule has 0 aliphatic carbocycles. The molecule has 3 heterocycles. The molecule has 134 valence electrons. The predicted molar refractivity (Wildman–Crippen MR) is 91.0 cm³/mol. The lowest BCUT2D eigenvalue weighted by Crippen LogP contribution is -1.95. The van der Waals surface area contributed by atoms with Crippen molar-refractivity contribution in [3.05, 3.63) is 58.1 Å². The molecule has 0 saturated heterocycles. The van der Waals surface area contributed by atoms with Crippen molar-refractivity contribution in [2.75, 3.05) is 0 Å². The molecule has 0 spiro atoms. The fourth-order valence-corrected chi connectivity index (χ4v) is 3.21. The Balaban J connectivity index is 2.02. The molecule has 0 radical (unpaired) electrons. The Morgan fingerprint density at radius 1 is 1.04 bits per heavy atom. The number of halogens is 3. The number of aromatic amines is 2. The lowest BCUT2D eigenvalue weighted by atomic mass is 10.0. The van der Waals surface area contributed by atoms with E-state index in [1.807, 2.05) is 0 Å². The average Bonchev–Trinajstić information content (AvgIpc) is 3.25. The van der Waals surface area contributed by atoms with Crippen molar-refractivity contribution in [3.8, 4) is 16.9 Å². The Hall–Kier alpha value is -3.75. The number of phenols is 1. The number of aromatic nitrogens is 3. The lowest BCUT2D eigenvalue weighted by Gasteiger charge is -2.06. The highest BCUT2D eigenvalue weighted by Crippen LogP contribution is 2.40.